The molecule has 1 aromatic carbocycles. The van der Waals surface area contributed by atoms with Crippen molar-refractivity contribution in [1.29, 1.82) is 0 Å². The minimum absolute atomic E-state index is 0.102. The van der Waals surface area contributed by atoms with Crippen LogP contribution in [0.25, 0.3) is 0 Å². The van der Waals surface area contributed by atoms with Crippen molar-refractivity contribution in [3.05, 3.63) is 44.8 Å². The van der Waals surface area contributed by atoms with Crippen molar-refractivity contribution < 1.29 is 19.1 Å². The average Bonchev–Trinajstić information content (AvgIpc) is 2.98. The molecule has 0 saturated carbocycles. The SMILES string of the molecule is CCOC(=O)c1c(NC(=O)COc2c(C)cc(C)cc2C)sc2c1CCCC2. The van der Waals surface area contributed by atoms with E-state index >= 15 is 0 Å². The fraction of sp³-hybridized carbons (Fsp3) is 0.455. The Morgan fingerprint density at radius 2 is 1.79 bits per heavy atom. The van der Waals surface area contributed by atoms with Crippen molar-refractivity contribution in [2.24, 2.45) is 0 Å². The molecular weight excluding hydrogens is 374 g/mol. The second-order valence-electron chi connectivity index (χ2n) is 7.20. The van der Waals surface area contributed by atoms with E-state index in [1.165, 1.54) is 16.2 Å². The van der Waals surface area contributed by atoms with Gasteiger partial charge in [-0.2, -0.15) is 0 Å². The van der Waals surface area contributed by atoms with E-state index < -0.39 is 0 Å². The molecule has 0 bridgehead atoms. The summed E-state index contributed by atoms with van der Waals surface area (Å²) in [4.78, 5) is 26.2. The predicted molar refractivity (Wildman–Crippen MR) is 112 cm³/mol. The van der Waals surface area contributed by atoms with Gasteiger partial charge in [0.2, 0.25) is 0 Å². The lowest BCUT2D eigenvalue weighted by molar-refractivity contribution is -0.118. The Morgan fingerprint density at radius 1 is 1.11 bits per heavy atom. The van der Waals surface area contributed by atoms with Gasteiger partial charge >= 0.3 is 5.97 Å². The van der Waals surface area contributed by atoms with E-state index in [0.29, 0.717) is 17.2 Å². The standard InChI is InChI=1S/C22H27NO4S/c1-5-26-22(25)19-16-8-6-7-9-17(16)28-21(19)23-18(24)12-27-20-14(3)10-13(2)11-15(20)4/h10-11H,5-9,12H2,1-4H3,(H,23,24). The first kappa shape index (κ1) is 20.4. The van der Waals surface area contributed by atoms with Gasteiger partial charge in [-0.25, -0.2) is 4.79 Å². The quantitative estimate of drug-likeness (QED) is 0.710. The number of esters is 1. The summed E-state index contributed by atoms with van der Waals surface area (Å²) in [6, 6.07) is 4.07. The Hall–Kier alpha value is -2.34. The summed E-state index contributed by atoms with van der Waals surface area (Å²) < 4.78 is 11.0. The fourth-order valence-electron chi connectivity index (χ4n) is 3.77. The van der Waals surface area contributed by atoms with Gasteiger partial charge in [0, 0.05) is 4.88 Å². The van der Waals surface area contributed by atoms with Crippen LogP contribution in [0, 0.1) is 20.8 Å². The van der Waals surface area contributed by atoms with Gasteiger partial charge in [0.25, 0.3) is 5.91 Å². The molecule has 28 heavy (non-hydrogen) atoms. The van der Waals surface area contributed by atoms with Crippen molar-refractivity contribution in [1.82, 2.24) is 0 Å². The number of benzene rings is 1. The van der Waals surface area contributed by atoms with Gasteiger partial charge in [-0.3, -0.25) is 4.79 Å². The van der Waals surface area contributed by atoms with Crippen LogP contribution in [0.15, 0.2) is 12.1 Å². The highest BCUT2D eigenvalue weighted by Crippen LogP contribution is 2.38. The number of amides is 1. The average molecular weight is 402 g/mol. The van der Waals surface area contributed by atoms with Crippen LogP contribution in [0.1, 0.15) is 57.3 Å². The monoisotopic (exact) mass is 401 g/mol. The zero-order valence-corrected chi connectivity index (χ0v) is 17.8. The Balaban J connectivity index is 1.75. The number of fused-ring (bicyclic) bond motifs is 1. The number of hydrogen-bond acceptors (Lipinski definition) is 5. The van der Waals surface area contributed by atoms with Crippen LogP contribution in [-0.4, -0.2) is 25.1 Å². The van der Waals surface area contributed by atoms with Crippen molar-refractivity contribution in [2.75, 3.05) is 18.5 Å². The molecule has 5 nitrogen and oxygen atoms in total. The molecule has 0 spiro atoms. The zero-order valence-electron chi connectivity index (χ0n) is 16.9. The Labute approximate surface area is 170 Å². The van der Waals surface area contributed by atoms with Crippen LogP contribution < -0.4 is 10.1 Å². The van der Waals surface area contributed by atoms with Gasteiger partial charge in [0.05, 0.1) is 12.2 Å². The van der Waals surface area contributed by atoms with Crippen LogP contribution in [0.4, 0.5) is 5.00 Å². The number of thiophene rings is 1. The van der Waals surface area contributed by atoms with E-state index in [4.69, 9.17) is 9.47 Å². The second kappa shape index (κ2) is 8.78. The molecule has 0 atom stereocenters. The number of anilines is 1. The summed E-state index contributed by atoms with van der Waals surface area (Å²) in [5.41, 5.74) is 4.73. The summed E-state index contributed by atoms with van der Waals surface area (Å²) >= 11 is 1.49. The van der Waals surface area contributed by atoms with Crippen LogP contribution >= 0.6 is 11.3 Å². The van der Waals surface area contributed by atoms with Gasteiger partial charge in [0.1, 0.15) is 10.8 Å². The van der Waals surface area contributed by atoms with E-state index in [1.54, 1.807) is 6.92 Å². The number of aryl methyl sites for hydroxylation is 4. The summed E-state index contributed by atoms with van der Waals surface area (Å²) in [6.45, 7) is 7.97. The Kier molecular flexibility index (Phi) is 6.39. The Bertz CT molecular complexity index is 877. The highest BCUT2D eigenvalue weighted by molar-refractivity contribution is 7.17. The molecule has 1 heterocycles. The van der Waals surface area contributed by atoms with Crippen molar-refractivity contribution in [2.45, 2.75) is 53.4 Å². The lowest BCUT2D eigenvalue weighted by Gasteiger charge is -2.13. The lowest BCUT2D eigenvalue weighted by Crippen LogP contribution is -2.22. The summed E-state index contributed by atoms with van der Waals surface area (Å²) in [6.07, 6.45) is 3.96. The first-order valence-electron chi connectivity index (χ1n) is 9.72. The third-order valence-electron chi connectivity index (χ3n) is 4.86. The highest BCUT2D eigenvalue weighted by Gasteiger charge is 2.27. The number of ether oxygens (including phenoxy) is 2. The topological polar surface area (TPSA) is 64.6 Å². The maximum atomic E-state index is 12.5. The first-order chi connectivity index (χ1) is 13.4. The van der Waals surface area contributed by atoms with Crippen LogP contribution in [-0.2, 0) is 22.4 Å². The molecule has 150 valence electrons. The van der Waals surface area contributed by atoms with Crippen LogP contribution in [0.3, 0.4) is 0 Å². The second-order valence-corrected chi connectivity index (χ2v) is 8.31. The third-order valence-corrected chi connectivity index (χ3v) is 6.06. The van der Waals surface area contributed by atoms with E-state index in [-0.39, 0.29) is 18.5 Å². The number of rotatable bonds is 6. The van der Waals surface area contributed by atoms with Crippen LogP contribution in [0.2, 0.25) is 0 Å². The van der Waals surface area contributed by atoms with Gasteiger partial charge in [0.15, 0.2) is 6.61 Å². The normalized spacial score (nSPS) is 13.0. The molecule has 1 amide bonds. The van der Waals surface area contributed by atoms with Crippen LogP contribution in [0.5, 0.6) is 5.75 Å². The van der Waals surface area contributed by atoms with E-state index in [1.807, 2.05) is 32.9 Å². The van der Waals surface area contributed by atoms with Crippen molar-refractivity contribution in [3.63, 3.8) is 0 Å². The molecular formula is C22H27NO4S. The fourth-order valence-corrected chi connectivity index (χ4v) is 5.06. The molecule has 0 fully saturated rings. The first-order valence-corrected chi connectivity index (χ1v) is 10.5. The molecule has 1 aliphatic rings. The Morgan fingerprint density at radius 3 is 2.46 bits per heavy atom. The lowest BCUT2D eigenvalue weighted by atomic mass is 9.95. The summed E-state index contributed by atoms with van der Waals surface area (Å²) in [7, 11) is 0. The van der Waals surface area contributed by atoms with Crippen molar-refractivity contribution >= 4 is 28.2 Å². The molecule has 0 aliphatic heterocycles. The highest BCUT2D eigenvalue weighted by atomic mass is 32.1. The number of carbonyl (C=O) groups is 2. The summed E-state index contributed by atoms with van der Waals surface area (Å²) in [5.74, 6) is 0.101. The molecule has 3 rings (SSSR count). The molecule has 0 unspecified atom stereocenters. The number of carbonyl (C=O) groups excluding carboxylic acids is 2. The van der Waals surface area contributed by atoms with Crippen molar-refractivity contribution in [3.8, 4) is 5.75 Å². The number of hydrogen-bond donors (Lipinski definition) is 1. The molecule has 2 aromatic rings. The van der Waals surface area contributed by atoms with Gasteiger partial charge < -0.3 is 14.8 Å². The van der Waals surface area contributed by atoms with E-state index in [2.05, 4.69) is 5.32 Å². The van der Waals surface area contributed by atoms with Gasteiger partial charge in [-0.15, -0.1) is 11.3 Å². The number of nitrogens with one attached hydrogen (secondary N) is 1. The molecule has 0 radical (unpaired) electrons. The minimum Gasteiger partial charge on any atom is -0.483 e. The molecule has 1 N–H and O–H groups in total. The third kappa shape index (κ3) is 4.38. The van der Waals surface area contributed by atoms with E-state index in [9.17, 15) is 9.59 Å². The zero-order chi connectivity index (χ0) is 20.3. The maximum Gasteiger partial charge on any atom is 0.341 e. The molecule has 1 aliphatic carbocycles. The molecule has 6 heteroatoms. The van der Waals surface area contributed by atoms with Gasteiger partial charge in [-0.05, 0) is 70.1 Å². The predicted octanol–water partition coefficient (Wildman–Crippen LogP) is 4.75. The summed E-state index contributed by atoms with van der Waals surface area (Å²) in [5, 5.41) is 3.46. The largest absolute Gasteiger partial charge is 0.483 e. The molecule has 0 saturated heterocycles. The minimum atomic E-state index is -0.358. The van der Waals surface area contributed by atoms with E-state index in [0.717, 1.165) is 53.7 Å². The smallest absolute Gasteiger partial charge is 0.341 e. The molecule has 1 aromatic heterocycles. The maximum absolute atomic E-state index is 12.5. The van der Waals surface area contributed by atoms with Gasteiger partial charge in [-0.1, -0.05) is 17.7 Å².